The molecule has 140 valence electrons. The number of halogens is 3. The maximum atomic E-state index is 12.6. The van der Waals surface area contributed by atoms with Crippen molar-refractivity contribution < 1.29 is 18.0 Å². The SMILES string of the molecule is C[C@H](C(=O)Nc1cccc2ccccc12)N1CCN(CC(F)(F)F)CC1. The van der Waals surface area contributed by atoms with Crippen LogP contribution in [0.25, 0.3) is 10.8 Å². The van der Waals surface area contributed by atoms with Gasteiger partial charge in [-0.3, -0.25) is 14.6 Å². The Morgan fingerprint density at radius 3 is 2.42 bits per heavy atom. The summed E-state index contributed by atoms with van der Waals surface area (Å²) in [6.07, 6.45) is -4.18. The van der Waals surface area contributed by atoms with E-state index in [2.05, 4.69) is 5.32 Å². The first kappa shape index (κ1) is 18.7. The van der Waals surface area contributed by atoms with Crippen LogP contribution in [0.3, 0.4) is 0 Å². The molecule has 0 unspecified atom stereocenters. The smallest absolute Gasteiger partial charge is 0.324 e. The van der Waals surface area contributed by atoms with Gasteiger partial charge in [-0.25, -0.2) is 0 Å². The molecule has 3 rings (SSSR count). The molecular formula is C19H22F3N3O. The first-order valence-corrected chi connectivity index (χ1v) is 8.65. The monoisotopic (exact) mass is 365 g/mol. The van der Waals surface area contributed by atoms with Gasteiger partial charge in [0.2, 0.25) is 5.91 Å². The van der Waals surface area contributed by atoms with Crippen molar-refractivity contribution in [3.63, 3.8) is 0 Å². The minimum atomic E-state index is -4.18. The van der Waals surface area contributed by atoms with Gasteiger partial charge in [-0.1, -0.05) is 36.4 Å². The zero-order chi connectivity index (χ0) is 18.7. The summed E-state index contributed by atoms with van der Waals surface area (Å²) in [7, 11) is 0. The number of carbonyl (C=O) groups is 1. The van der Waals surface area contributed by atoms with Gasteiger partial charge < -0.3 is 5.32 Å². The summed E-state index contributed by atoms with van der Waals surface area (Å²) in [5.74, 6) is -0.148. The van der Waals surface area contributed by atoms with Crippen LogP contribution in [-0.4, -0.2) is 60.6 Å². The van der Waals surface area contributed by atoms with Crippen LogP contribution in [0.2, 0.25) is 0 Å². The predicted octanol–water partition coefficient (Wildman–Crippen LogP) is 3.35. The molecule has 1 saturated heterocycles. The lowest BCUT2D eigenvalue weighted by Crippen LogP contribution is -2.54. The lowest BCUT2D eigenvalue weighted by molar-refractivity contribution is -0.150. The summed E-state index contributed by atoms with van der Waals surface area (Å²) in [4.78, 5) is 15.9. The molecule has 0 bridgehead atoms. The third-order valence-electron chi connectivity index (χ3n) is 4.78. The summed E-state index contributed by atoms with van der Waals surface area (Å²) >= 11 is 0. The van der Waals surface area contributed by atoms with Gasteiger partial charge in [0, 0.05) is 37.3 Å². The number of benzene rings is 2. The van der Waals surface area contributed by atoms with Crippen LogP contribution in [0.4, 0.5) is 18.9 Å². The van der Waals surface area contributed by atoms with Crippen molar-refractivity contribution in [2.24, 2.45) is 0 Å². The number of hydrogen-bond donors (Lipinski definition) is 1. The van der Waals surface area contributed by atoms with E-state index in [4.69, 9.17) is 0 Å². The van der Waals surface area contributed by atoms with Gasteiger partial charge in [-0.05, 0) is 18.4 Å². The van der Waals surface area contributed by atoms with Crippen LogP contribution in [0.5, 0.6) is 0 Å². The molecule has 26 heavy (non-hydrogen) atoms. The maximum Gasteiger partial charge on any atom is 0.401 e. The Morgan fingerprint density at radius 2 is 1.73 bits per heavy atom. The third kappa shape index (κ3) is 4.53. The molecule has 1 amide bonds. The second-order valence-electron chi connectivity index (χ2n) is 6.62. The van der Waals surface area contributed by atoms with Crippen molar-refractivity contribution in [2.75, 3.05) is 38.0 Å². The van der Waals surface area contributed by atoms with E-state index in [1.807, 2.05) is 47.4 Å². The number of nitrogens with one attached hydrogen (secondary N) is 1. The van der Waals surface area contributed by atoms with E-state index >= 15 is 0 Å². The second kappa shape index (κ2) is 7.63. The molecule has 0 spiro atoms. The quantitative estimate of drug-likeness (QED) is 0.903. The van der Waals surface area contributed by atoms with Gasteiger partial charge >= 0.3 is 6.18 Å². The Labute approximate surface area is 150 Å². The summed E-state index contributed by atoms with van der Waals surface area (Å²) in [6.45, 7) is 2.41. The molecular weight excluding hydrogens is 343 g/mol. The average molecular weight is 365 g/mol. The summed E-state index contributed by atoms with van der Waals surface area (Å²) in [5.41, 5.74) is 0.746. The number of anilines is 1. The fourth-order valence-corrected chi connectivity index (χ4v) is 3.30. The van der Waals surface area contributed by atoms with Gasteiger partial charge in [0.25, 0.3) is 0 Å². The molecule has 0 aromatic heterocycles. The molecule has 1 aliphatic rings. The number of piperazine rings is 1. The van der Waals surface area contributed by atoms with Gasteiger partial charge in [0.05, 0.1) is 12.6 Å². The zero-order valence-corrected chi connectivity index (χ0v) is 14.6. The average Bonchev–Trinajstić information content (AvgIpc) is 2.61. The van der Waals surface area contributed by atoms with Gasteiger partial charge in [-0.15, -0.1) is 0 Å². The standard InChI is InChI=1S/C19H22F3N3O/c1-14(25-11-9-24(10-12-25)13-19(20,21)22)18(26)23-17-8-4-6-15-5-2-3-7-16(15)17/h2-8,14H,9-13H2,1H3,(H,23,26)/t14-/m1/s1. The lowest BCUT2D eigenvalue weighted by atomic mass is 10.1. The minimum absolute atomic E-state index is 0.148. The molecule has 0 aliphatic carbocycles. The van der Waals surface area contributed by atoms with Gasteiger partial charge in [0.1, 0.15) is 0 Å². The number of hydrogen-bond acceptors (Lipinski definition) is 3. The highest BCUT2D eigenvalue weighted by atomic mass is 19.4. The fourth-order valence-electron chi connectivity index (χ4n) is 3.30. The predicted molar refractivity (Wildman–Crippen MR) is 96.1 cm³/mol. The van der Waals surface area contributed by atoms with Crippen LogP contribution >= 0.6 is 0 Å². The van der Waals surface area contributed by atoms with Crippen LogP contribution in [0.1, 0.15) is 6.92 Å². The highest BCUT2D eigenvalue weighted by molar-refractivity contribution is 6.03. The number of alkyl halides is 3. The van der Waals surface area contributed by atoms with E-state index in [1.54, 1.807) is 6.92 Å². The van der Waals surface area contributed by atoms with Crippen LogP contribution in [0, 0.1) is 0 Å². The van der Waals surface area contributed by atoms with E-state index in [0.29, 0.717) is 26.2 Å². The first-order valence-electron chi connectivity index (χ1n) is 8.65. The normalized spacial score (nSPS) is 18.0. The molecule has 1 heterocycles. The number of amides is 1. The van der Waals surface area contributed by atoms with Crippen molar-refractivity contribution in [3.8, 4) is 0 Å². The van der Waals surface area contributed by atoms with Gasteiger partial charge in [-0.2, -0.15) is 13.2 Å². The van der Waals surface area contributed by atoms with Crippen molar-refractivity contribution in [2.45, 2.75) is 19.1 Å². The highest BCUT2D eigenvalue weighted by Crippen LogP contribution is 2.23. The summed E-state index contributed by atoms with van der Waals surface area (Å²) in [5, 5.41) is 4.96. The second-order valence-corrected chi connectivity index (χ2v) is 6.62. The topological polar surface area (TPSA) is 35.6 Å². The molecule has 1 aliphatic heterocycles. The van der Waals surface area contributed by atoms with Crippen molar-refractivity contribution in [1.29, 1.82) is 0 Å². The molecule has 2 aromatic carbocycles. The number of fused-ring (bicyclic) bond motifs is 1. The van der Waals surface area contributed by atoms with E-state index < -0.39 is 18.8 Å². The zero-order valence-electron chi connectivity index (χ0n) is 14.6. The van der Waals surface area contributed by atoms with Crippen LogP contribution in [-0.2, 0) is 4.79 Å². The summed E-state index contributed by atoms with van der Waals surface area (Å²) in [6, 6.07) is 13.1. The van der Waals surface area contributed by atoms with Gasteiger partial charge in [0.15, 0.2) is 0 Å². The lowest BCUT2D eigenvalue weighted by Gasteiger charge is -2.37. The van der Waals surface area contributed by atoms with Crippen LogP contribution < -0.4 is 5.32 Å². The molecule has 0 saturated carbocycles. The van der Waals surface area contributed by atoms with Crippen molar-refractivity contribution >= 4 is 22.4 Å². The Morgan fingerprint density at radius 1 is 1.08 bits per heavy atom. The van der Waals surface area contributed by atoms with Crippen molar-refractivity contribution in [1.82, 2.24) is 9.80 Å². The number of rotatable bonds is 4. The first-order chi connectivity index (χ1) is 12.3. The van der Waals surface area contributed by atoms with E-state index in [1.165, 1.54) is 4.90 Å². The molecule has 0 radical (unpaired) electrons. The number of nitrogens with zero attached hydrogens (tertiary/aromatic N) is 2. The Balaban J connectivity index is 1.60. The molecule has 1 atom stereocenters. The highest BCUT2D eigenvalue weighted by Gasteiger charge is 2.33. The van der Waals surface area contributed by atoms with E-state index in [0.717, 1.165) is 16.5 Å². The molecule has 1 fully saturated rings. The Kier molecular flexibility index (Phi) is 5.48. The minimum Gasteiger partial charge on any atom is -0.324 e. The van der Waals surface area contributed by atoms with Crippen LogP contribution in [0.15, 0.2) is 42.5 Å². The molecule has 4 nitrogen and oxygen atoms in total. The third-order valence-corrected chi connectivity index (χ3v) is 4.78. The maximum absolute atomic E-state index is 12.6. The fraction of sp³-hybridized carbons (Fsp3) is 0.421. The van der Waals surface area contributed by atoms with Crippen molar-refractivity contribution in [3.05, 3.63) is 42.5 Å². The number of carbonyl (C=O) groups excluding carboxylic acids is 1. The summed E-state index contributed by atoms with van der Waals surface area (Å²) < 4.78 is 37.4. The molecule has 7 heteroatoms. The Hall–Kier alpha value is -2.12. The van der Waals surface area contributed by atoms with E-state index in [-0.39, 0.29) is 5.91 Å². The molecule has 1 N–H and O–H groups in total. The van der Waals surface area contributed by atoms with E-state index in [9.17, 15) is 18.0 Å². The largest absolute Gasteiger partial charge is 0.401 e. The molecule has 2 aromatic rings. The Bertz CT molecular complexity index is 765.